The topological polar surface area (TPSA) is 29.3 Å². The fourth-order valence-corrected chi connectivity index (χ4v) is 3.88. The first kappa shape index (κ1) is 13.1. The molecule has 1 aromatic carbocycles. The Hall–Kier alpha value is -0.860. The molecule has 104 valence electrons. The van der Waals surface area contributed by atoms with Crippen molar-refractivity contribution < 1.29 is 0 Å². The molecule has 0 amide bonds. The molecule has 2 heteroatoms. The predicted molar refractivity (Wildman–Crippen MR) is 80.1 cm³/mol. The molecule has 0 aromatic heterocycles. The van der Waals surface area contributed by atoms with Crippen LogP contribution in [0.4, 0.5) is 0 Å². The Kier molecular flexibility index (Phi) is 3.90. The van der Waals surface area contributed by atoms with Crippen LogP contribution in [-0.4, -0.2) is 24.0 Å². The molecule has 2 atom stereocenters. The van der Waals surface area contributed by atoms with Gasteiger partial charge in [0.2, 0.25) is 0 Å². The molecule has 0 bridgehead atoms. The Morgan fingerprint density at radius 1 is 1.16 bits per heavy atom. The summed E-state index contributed by atoms with van der Waals surface area (Å²) in [4.78, 5) is 2.66. The number of rotatable bonds is 2. The average Bonchev–Trinajstić information content (AvgIpc) is 2.48. The van der Waals surface area contributed by atoms with E-state index in [9.17, 15) is 0 Å². The van der Waals surface area contributed by atoms with E-state index in [0.717, 1.165) is 5.92 Å². The van der Waals surface area contributed by atoms with Crippen LogP contribution < -0.4 is 5.73 Å². The van der Waals surface area contributed by atoms with Crippen LogP contribution in [0.5, 0.6) is 0 Å². The van der Waals surface area contributed by atoms with E-state index in [2.05, 4.69) is 36.1 Å². The molecule has 2 aliphatic rings. The zero-order valence-corrected chi connectivity index (χ0v) is 12.0. The summed E-state index contributed by atoms with van der Waals surface area (Å²) in [6.45, 7) is 4.82. The molecule has 2 nitrogen and oxygen atoms in total. The van der Waals surface area contributed by atoms with Gasteiger partial charge in [0, 0.05) is 12.1 Å². The number of hydrogen-bond acceptors (Lipinski definition) is 2. The monoisotopic (exact) mass is 258 g/mol. The largest absolute Gasteiger partial charge is 0.323 e. The van der Waals surface area contributed by atoms with Crippen LogP contribution in [0.3, 0.4) is 0 Å². The summed E-state index contributed by atoms with van der Waals surface area (Å²) < 4.78 is 0. The predicted octanol–water partition coefficient (Wildman–Crippen LogP) is 3.12. The van der Waals surface area contributed by atoms with Crippen molar-refractivity contribution in [1.82, 2.24) is 4.90 Å². The second kappa shape index (κ2) is 5.64. The molecule has 3 rings (SSSR count). The third-order valence-electron chi connectivity index (χ3n) is 5.23. The summed E-state index contributed by atoms with van der Waals surface area (Å²) in [5.74, 6) is 0.948. The van der Waals surface area contributed by atoms with Gasteiger partial charge in [0.1, 0.15) is 0 Å². The Morgan fingerprint density at radius 3 is 2.63 bits per heavy atom. The van der Waals surface area contributed by atoms with Crippen molar-refractivity contribution in [2.45, 2.75) is 51.1 Å². The fraction of sp³-hybridized carbons (Fsp3) is 0.647. The SMILES string of the molecule is CCC1CCN(C2CCc3ccccc3C2N)CC1. The maximum atomic E-state index is 6.55. The molecule has 2 unspecified atom stereocenters. The van der Waals surface area contributed by atoms with Crippen molar-refractivity contribution in [3.05, 3.63) is 35.4 Å². The normalized spacial score (nSPS) is 29.2. The van der Waals surface area contributed by atoms with Gasteiger partial charge < -0.3 is 5.73 Å². The van der Waals surface area contributed by atoms with Crippen LogP contribution in [-0.2, 0) is 6.42 Å². The van der Waals surface area contributed by atoms with Crippen molar-refractivity contribution in [2.24, 2.45) is 11.7 Å². The van der Waals surface area contributed by atoms with Gasteiger partial charge >= 0.3 is 0 Å². The maximum absolute atomic E-state index is 6.55. The lowest BCUT2D eigenvalue weighted by atomic mass is 9.82. The Bertz CT molecular complexity index is 421. The molecule has 1 aliphatic carbocycles. The number of nitrogens with zero attached hydrogens (tertiary/aromatic N) is 1. The van der Waals surface area contributed by atoms with Crippen LogP contribution in [0.25, 0.3) is 0 Å². The van der Waals surface area contributed by atoms with Gasteiger partial charge in [-0.25, -0.2) is 0 Å². The molecule has 0 radical (unpaired) electrons. The highest BCUT2D eigenvalue weighted by Crippen LogP contribution is 2.33. The summed E-state index contributed by atoms with van der Waals surface area (Å²) in [6.07, 6.45) is 6.49. The van der Waals surface area contributed by atoms with Crippen molar-refractivity contribution in [3.63, 3.8) is 0 Å². The number of likely N-dealkylation sites (tertiary alicyclic amines) is 1. The van der Waals surface area contributed by atoms with Crippen molar-refractivity contribution >= 4 is 0 Å². The van der Waals surface area contributed by atoms with Gasteiger partial charge in [-0.3, -0.25) is 4.90 Å². The van der Waals surface area contributed by atoms with Crippen LogP contribution in [0.15, 0.2) is 24.3 Å². The van der Waals surface area contributed by atoms with E-state index in [4.69, 9.17) is 5.73 Å². The Labute approximate surface area is 117 Å². The van der Waals surface area contributed by atoms with Crippen LogP contribution >= 0.6 is 0 Å². The highest BCUT2D eigenvalue weighted by molar-refractivity contribution is 5.33. The van der Waals surface area contributed by atoms with Gasteiger partial charge in [0.15, 0.2) is 0 Å². The highest BCUT2D eigenvalue weighted by Gasteiger charge is 2.32. The van der Waals surface area contributed by atoms with Gasteiger partial charge in [0.05, 0.1) is 0 Å². The zero-order chi connectivity index (χ0) is 13.2. The summed E-state index contributed by atoms with van der Waals surface area (Å²) in [5.41, 5.74) is 9.40. The zero-order valence-electron chi connectivity index (χ0n) is 12.0. The molecular formula is C17H26N2. The lowest BCUT2D eigenvalue weighted by Gasteiger charge is -2.42. The summed E-state index contributed by atoms with van der Waals surface area (Å²) in [6, 6.07) is 9.51. The van der Waals surface area contributed by atoms with E-state index in [0.29, 0.717) is 6.04 Å². The minimum absolute atomic E-state index is 0.211. The van der Waals surface area contributed by atoms with Crippen molar-refractivity contribution in [1.29, 1.82) is 0 Å². The number of piperidine rings is 1. The second-order valence-electron chi connectivity index (χ2n) is 6.22. The fourth-order valence-electron chi connectivity index (χ4n) is 3.88. The molecular weight excluding hydrogens is 232 g/mol. The van der Waals surface area contributed by atoms with E-state index in [1.165, 1.54) is 56.3 Å². The van der Waals surface area contributed by atoms with E-state index in [1.807, 2.05) is 0 Å². The minimum Gasteiger partial charge on any atom is -0.323 e. The molecule has 19 heavy (non-hydrogen) atoms. The van der Waals surface area contributed by atoms with Gasteiger partial charge in [-0.15, -0.1) is 0 Å². The molecule has 2 N–H and O–H groups in total. The van der Waals surface area contributed by atoms with Gasteiger partial charge in [-0.1, -0.05) is 37.6 Å². The average molecular weight is 258 g/mol. The smallest absolute Gasteiger partial charge is 0.0455 e. The van der Waals surface area contributed by atoms with E-state index in [-0.39, 0.29) is 6.04 Å². The van der Waals surface area contributed by atoms with Crippen LogP contribution in [0.1, 0.15) is 49.8 Å². The molecule has 1 heterocycles. The van der Waals surface area contributed by atoms with E-state index >= 15 is 0 Å². The van der Waals surface area contributed by atoms with Crippen molar-refractivity contribution in [3.8, 4) is 0 Å². The highest BCUT2D eigenvalue weighted by atomic mass is 15.2. The molecule has 1 fully saturated rings. The van der Waals surface area contributed by atoms with Crippen LogP contribution in [0, 0.1) is 5.92 Å². The number of benzene rings is 1. The number of aryl methyl sites for hydroxylation is 1. The van der Waals surface area contributed by atoms with Gasteiger partial charge in [-0.2, -0.15) is 0 Å². The second-order valence-corrected chi connectivity index (χ2v) is 6.22. The lowest BCUT2D eigenvalue weighted by molar-refractivity contribution is 0.104. The summed E-state index contributed by atoms with van der Waals surface area (Å²) >= 11 is 0. The third kappa shape index (κ3) is 2.56. The van der Waals surface area contributed by atoms with Gasteiger partial charge in [-0.05, 0) is 55.8 Å². The molecule has 1 saturated heterocycles. The van der Waals surface area contributed by atoms with E-state index < -0.39 is 0 Å². The minimum atomic E-state index is 0.211. The maximum Gasteiger partial charge on any atom is 0.0455 e. The molecule has 0 spiro atoms. The third-order valence-corrected chi connectivity index (χ3v) is 5.23. The molecule has 1 aromatic rings. The standard InChI is InChI=1S/C17H26N2/c1-2-13-9-11-19(12-10-13)16-8-7-14-5-3-4-6-15(14)17(16)18/h3-6,13,16-17H,2,7-12,18H2,1H3. The molecule has 1 aliphatic heterocycles. The summed E-state index contributed by atoms with van der Waals surface area (Å²) in [5, 5.41) is 0. The Balaban J connectivity index is 1.71. The molecule has 0 saturated carbocycles. The van der Waals surface area contributed by atoms with Crippen molar-refractivity contribution in [2.75, 3.05) is 13.1 Å². The number of hydrogen-bond donors (Lipinski definition) is 1. The van der Waals surface area contributed by atoms with Crippen LogP contribution in [0.2, 0.25) is 0 Å². The number of fused-ring (bicyclic) bond motifs is 1. The lowest BCUT2D eigenvalue weighted by Crippen LogP contribution is -2.48. The first-order valence-electron chi connectivity index (χ1n) is 7.87. The van der Waals surface area contributed by atoms with E-state index in [1.54, 1.807) is 0 Å². The quantitative estimate of drug-likeness (QED) is 0.883. The number of nitrogens with two attached hydrogens (primary N) is 1. The Morgan fingerprint density at radius 2 is 1.89 bits per heavy atom. The van der Waals surface area contributed by atoms with Gasteiger partial charge in [0.25, 0.3) is 0 Å². The first-order valence-corrected chi connectivity index (χ1v) is 7.87. The first-order chi connectivity index (χ1) is 9.29. The summed E-state index contributed by atoms with van der Waals surface area (Å²) in [7, 11) is 0.